The molecule has 1 saturated heterocycles. The lowest BCUT2D eigenvalue weighted by Crippen LogP contribution is -2.41. The Morgan fingerprint density at radius 1 is 1.45 bits per heavy atom. The van der Waals surface area contributed by atoms with Crippen LogP contribution < -0.4 is 0 Å². The van der Waals surface area contributed by atoms with Crippen molar-refractivity contribution in [3.63, 3.8) is 0 Å². The first-order chi connectivity index (χ1) is 9.47. The molecule has 1 amide bonds. The fraction of sp³-hybridized carbons (Fsp3) is 0.615. The highest BCUT2D eigenvalue weighted by atomic mass is 16.4. The van der Waals surface area contributed by atoms with Gasteiger partial charge < -0.3 is 15.1 Å². The quantitative estimate of drug-likeness (QED) is 0.817. The van der Waals surface area contributed by atoms with E-state index >= 15 is 0 Å². The number of hydrogen-bond donors (Lipinski definition) is 2. The van der Waals surface area contributed by atoms with Gasteiger partial charge in [0.05, 0.1) is 11.8 Å². The predicted molar refractivity (Wildman–Crippen MR) is 70.4 cm³/mol. The van der Waals surface area contributed by atoms with Crippen molar-refractivity contribution in [2.24, 2.45) is 0 Å². The molecule has 0 bridgehead atoms. The van der Waals surface area contributed by atoms with Crippen molar-refractivity contribution < 1.29 is 19.8 Å². The number of aliphatic hydroxyl groups excluding tert-OH is 1. The normalized spacial score (nSPS) is 22.2. The molecule has 1 aliphatic heterocycles. The minimum absolute atomic E-state index is 0.0478. The number of carbonyl (C=O) groups is 2. The average molecular weight is 281 g/mol. The molecule has 20 heavy (non-hydrogen) atoms. The van der Waals surface area contributed by atoms with Crippen LogP contribution in [0, 0.1) is 0 Å². The molecular weight excluding hydrogens is 262 g/mol. The molecule has 1 aromatic heterocycles. The number of rotatable bonds is 4. The molecule has 1 aliphatic rings. The number of carboxylic acid groups (broad SMARTS) is 1. The summed E-state index contributed by atoms with van der Waals surface area (Å²) >= 11 is 0. The van der Waals surface area contributed by atoms with Gasteiger partial charge in [-0.05, 0) is 19.4 Å². The number of aliphatic hydroxyl groups is 1. The van der Waals surface area contributed by atoms with Crippen molar-refractivity contribution in [3.8, 4) is 0 Å². The highest BCUT2D eigenvalue weighted by Gasteiger charge is 2.40. The average Bonchev–Trinajstić information content (AvgIpc) is 3.00. The highest BCUT2D eigenvalue weighted by molar-refractivity contribution is 5.95. The molecule has 2 rings (SSSR count). The minimum atomic E-state index is -1.09. The van der Waals surface area contributed by atoms with Gasteiger partial charge >= 0.3 is 5.97 Å². The van der Waals surface area contributed by atoms with Gasteiger partial charge in [0, 0.05) is 19.5 Å². The molecule has 0 aliphatic carbocycles. The fourth-order valence-corrected chi connectivity index (χ4v) is 2.48. The number of β-amino-alcohol motifs (C(OH)–C–C–N with tert-alkyl or cyclic N) is 1. The number of aliphatic carboxylic acids is 1. The fourth-order valence-electron chi connectivity index (χ4n) is 2.48. The molecule has 1 aromatic rings. The summed E-state index contributed by atoms with van der Waals surface area (Å²) < 4.78 is 1.57. The van der Waals surface area contributed by atoms with Crippen LogP contribution in [0.25, 0.3) is 0 Å². The Kier molecular flexibility index (Phi) is 4.08. The zero-order chi connectivity index (χ0) is 14.9. The van der Waals surface area contributed by atoms with Crippen LogP contribution in [0.15, 0.2) is 6.07 Å². The highest BCUT2D eigenvalue weighted by Crippen LogP contribution is 2.21. The smallest absolute Gasteiger partial charge is 0.326 e. The third-order valence-corrected chi connectivity index (χ3v) is 3.54. The van der Waals surface area contributed by atoms with Crippen LogP contribution in [0.2, 0.25) is 0 Å². The Bertz CT molecular complexity index is 526. The van der Waals surface area contributed by atoms with Gasteiger partial charge in [0.25, 0.3) is 5.91 Å². The van der Waals surface area contributed by atoms with E-state index in [1.807, 2.05) is 13.8 Å². The van der Waals surface area contributed by atoms with Gasteiger partial charge in [-0.2, -0.15) is 5.10 Å². The standard InChI is InChI=1S/C13H19N3O4/c1-3-8-5-10(16(4-2)14-8)12(18)15-7-9(17)6-11(15)13(19)20/h5,9,11,17H,3-4,6-7H2,1-2H3,(H,19,20)/t9-,11-/m0/s1. The maximum atomic E-state index is 12.5. The molecule has 0 spiro atoms. The van der Waals surface area contributed by atoms with E-state index in [1.165, 1.54) is 4.90 Å². The SMILES string of the molecule is CCc1cc(C(=O)N2C[C@@H](O)C[C@H]2C(=O)O)n(CC)n1. The van der Waals surface area contributed by atoms with Gasteiger partial charge in [-0.3, -0.25) is 9.48 Å². The third kappa shape index (κ3) is 2.53. The number of nitrogens with zero attached hydrogens (tertiary/aromatic N) is 3. The van der Waals surface area contributed by atoms with Gasteiger partial charge in [0.1, 0.15) is 11.7 Å². The Morgan fingerprint density at radius 2 is 2.15 bits per heavy atom. The van der Waals surface area contributed by atoms with Crippen molar-refractivity contribution in [1.29, 1.82) is 0 Å². The van der Waals surface area contributed by atoms with Crippen LogP contribution in [0.1, 0.15) is 36.5 Å². The third-order valence-electron chi connectivity index (χ3n) is 3.54. The monoisotopic (exact) mass is 281 g/mol. The molecule has 7 nitrogen and oxygen atoms in total. The van der Waals surface area contributed by atoms with E-state index < -0.39 is 18.1 Å². The Labute approximate surface area is 116 Å². The van der Waals surface area contributed by atoms with E-state index in [2.05, 4.69) is 5.10 Å². The lowest BCUT2D eigenvalue weighted by Gasteiger charge is -2.21. The largest absolute Gasteiger partial charge is 0.480 e. The van der Waals surface area contributed by atoms with Crippen molar-refractivity contribution in [2.75, 3.05) is 6.54 Å². The van der Waals surface area contributed by atoms with Gasteiger partial charge in [-0.1, -0.05) is 6.92 Å². The number of aromatic nitrogens is 2. The zero-order valence-corrected chi connectivity index (χ0v) is 11.6. The molecule has 7 heteroatoms. The summed E-state index contributed by atoms with van der Waals surface area (Å²) in [4.78, 5) is 24.9. The van der Waals surface area contributed by atoms with E-state index in [0.29, 0.717) is 18.7 Å². The lowest BCUT2D eigenvalue weighted by molar-refractivity contribution is -0.141. The zero-order valence-electron chi connectivity index (χ0n) is 11.6. The molecule has 2 atom stereocenters. The Hall–Kier alpha value is -1.89. The molecule has 0 radical (unpaired) electrons. The first kappa shape index (κ1) is 14.5. The molecular formula is C13H19N3O4. The van der Waals surface area contributed by atoms with Gasteiger partial charge in [0.2, 0.25) is 0 Å². The second kappa shape index (κ2) is 5.62. The van der Waals surface area contributed by atoms with Crippen LogP contribution in [0.5, 0.6) is 0 Å². The summed E-state index contributed by atoms with van der Waals surface area (Å²) in [6.07, 6.45) is -0.0102. The van der Waals surface area contributed by atoms with Crippen LogP contribution in [-0.2, 0) is 17.8 Å². The number of carbonyl (C=O) groups excluding carboxylic acids is 1. The first-order valence-electron chi connectivity index (χ1n) is 6.76. The molecule has 0 aromatic carbocycles. The number of hydrogen-bond acceptors (Lipinski definition) is 4. The van der Waals surface area contributed by atoms with E-state index in [1.54, 1.807) is 10.7 Å². The van der Waals surface area contributed by atoms with E-state index in [9.17, 15) is 14.7 Å². The summed E-state index contributed by atoms with van der Waals surface area (Å²) in [7, 11) is 0. The minimum Gasteiger partial charge on any atom is -0.480 e. The van der Waals surface area contributed by atoms with E-state index in [0.717, 1.165) is 5.69 Å². The Balaban J connectivity index is 2.30. The summed E-state index contributed by atoms with van der Waals surface area (Å²) in [6.45, 7) is 4.40. The van der Waals surface area contributed by atoms with E-state index in [4.69, 9.17) is 5.11 Å². The molecule has 0 saturated carbocycles. The van der Waals surface area contributed by atoms with Crippen LogP contribution in [0.4, 0.5) is 0 Å². The van der Waals surface area contributed by atoms with Crippen LogP contribution in [0.3, 0.4) is 0 Å². The molecule has 1 fully saturated rings. The molecule has 110 valence electrons. The number of amides is 1. The lowest BCUT2D eigenvalue weighted by atomic mass is 10.2. The molecule has 2 heterocycles. The first-order valence-corrected chi connectivity index (χ1v) is 6.76. The Morgan fingerprint density at radius 3 is 2.70 bits per heavy atom. The molecule has 2 N–H and O–H groups in total. The van der Waals surface area contributed by atoms with Crippen LogP contribution >= 0.6 is 0 Å². The summed E-state index contributed by atoms with van der Waals surface area (Å²) in [6, 6.07) is 0.720. The van der Waals surface area contributed by atoms with E-state index in [-0.39, 0.29) is 18.9 Å². The molecule has 0 unspecified atom stereocenters. The second-order valence-electron chi connectivity index (χ2n) is 4.89. The van der Waals surface area contributed by atoms with Crippen molar-refractivity contribution in [1.82, 2.24) is 14.7 Å². The number of aryl methyl sites for hydroxylation is 2. The van der Waals surface area contributed by atoms with Crippen molar-refractivity contribution in [2.45, 2.75) is 45.4 Å². The van der Waals surface area contributed by atoms with Gasteiger partial charge in [-0.25, -0.2) is 4.79 Å². The number of carboxylic acids is 1. The summed E-state index contributed by atoms with van der Waals surface area (Å²) in [5.41, 5.74) is 1.17. The second-order valence-corrected chi connectivity index (χ2v) is 4.89. The van der Waals surface area contributed by atoms with Gasteiger partial charge in [0.15, 0.2) is 0 Å². The topological polar surface area (TPSA) is 95.7 Å². The van der Waals surface area contributed by atoms with Gasteiger partial charge in [-0.15, -0.1) is 0 Å². The maximum absolute atomic E-state index is 12.5. The summed E-state index contributed by atoms with van der Waals surface area (Å²) in [5.74, 6) is -1.48. The predicted octanol–water partition coefficient (Wildman–Crippen LogP) is 0.125. The number of likely N-dealkylation sites (tertiary alicyclic amines) is 1. The van der Waals surface area contributed by atoms with Crippen LogP contribution in [-0.4, -0.2) is 55.5 Å². The van der Waals surface area contributed by atoms with Crippen molar-refractivity contribution in [3.05, 3.63) is 17.5 Å². The van der Waals surface area contributed by atoms with Crippen molar-refractivity contribution >= 4 is 11.9 Å². The summed E-state index contributed by atoms with van der Waals surface area (Å²) in [5, 5.41) is 23.0. The maximum Gasteiger partial charge on any atom is 0.326 e.